The summed E-state index contributed by atoms with van der Waals surface area (Å²) in [5.74, 6) is 0. The summed E-state index contributed by atoms with van der Waals surface area (Å²) in [6, 6.07) is 4.43. The summed E-state index contributed by atoms with van der Waals surface area (Å²) in [5, 5.41) is 0. The number of nitrogens with zero attached hydrogens (tertiary/aromatic N) is 2. The molecular weight excluding hydrogens is 246 g/mol. The van der Waals surface area contributed by atoms with Crippen LogP contribution in [0, 0.1) is 0 Å². The van der Waals surface area contributed by atoms with E-state index in [4.69, 9.17) is 5.73 Å². The Morgan fingerprint density at radius 2 is 2.25 bits per heavy atom. The van der Waals surface area contributed by atoms with Crippen molar-refractivity contribution in [2.24, 2.45) is 12.8 Å². The Bertz CT molecular complexity index is 622. The number of hydrogen-bond donors (Lipinski definition) is 1. The minimum Gasteiger partial charge on any atom is -0.349 e. The Hall–Kier alpha value is -1.87. The molecule has 0 saturated carbocycles. The molecule has 2 N–H and O–H groups in total. The highest BCUT2D eigenvalue weighted by Crippen LogP contribution is 2.31. The molecule has 20 heavy (non-hydrogen) atoms. The van der Waals surface area contributed by atoms with Crippen molar-refractivity contribution >= 4 is 16.6 Å². The van der Waals surface area contributed by atoms with Crippen LogP contribution in [0.4, 0.5) is 0 Å². The number of fused-ring (bicyclic) bond motifs is 1. The van der Waals surface area contributed by atoms with Gasteiger partial charge in [0.25, 0.3) is 0 Å². The van der Waals surface area contributed by atoms with Crippen LogP contribution < -0.4 is 5.73 Å². The lowest BCUT2D eigenvalue weighted by Gasteiger charge is -2.17. The van der Waals surface area contributed by atoms with Crippen LogP contribution in [0.25, 0.3) is 16.6 Å². The topological polar surface area (TPSA) is 43.8 Å². The van der Waals surface area contributed by atoms with Gasteiger partial charge in [0.15, 0.2) is 0 Å². The zero-order valence-corrected chi connectivity index (χ0v) is 12.3. The molecule has 1 atom stereocenters. The van der Waals surface area contributed by atoms with E-state index in [0.717, 1.165) is 24.8 Å². The number of hydrogen-bond acceptors (Lipinski definition) is 2. The first-order valence-corrected chi connectivity index (χ1v) is 7.09. The summed E-state index contributed by atoms with van der Waals surface area (Å²) in [6.45, 7) is 5.25. The number of aromatic nitrogens is 2. The zero-order chi connectivity index (χ0) is 14.5. The fraction of sp³-hybridized carbons (Fsp3) is 0.353. The van der Waals surface area contributed by atoms with Crippen LogP contribution >= 0.6 is 0 Å². The molecule has 1 unspecified atom stereocenters. The Morgan fingerprint density at radius 3 is 2.90 bits per heavy atom. The zero-order valence-electron chi connectivity index (χ0n) is 12.3. The summed E-state index contributed by atoms with van der Waals surface area (Å²) in [5.41, 5.74) is 10.9. The third-order valence-corrected chi connectivity index (χ3v) is 3.54. The van der Waals surface area contributed by atoms with Crippen LogP contribution in [0.2, 0.25) is 0 Å². The van der Waals surface area contributed by atoms with E-state index in [2.05, 4.69) is 41.5 Å². The first-order valence-electron chi connectivity index (χ1n) is 7.09. The maximum absolute atomic E-state index is 5.93. The van der Waals surface area contributed by atoms with E-state index < -0.39 is 0 Å². The second kappa shape index (κ2) is 6.53. The first-order chi connectivity index (χ1) is 9.67. The van der Waals surface area contributed by atoms with Crippen LogP contribution in [0.15, 0.2) is 43.3 Å². The van der Waals surface area contributed by atoms with Gasteiger partial charge in [-0.25, -0.2) is 0 Å². The molecule has 3 nitrogen and oxygen atoms in total. The lowest BCUT2D eigenvalue weighted by molar-refractivity contribution is 0.614. The molecule has 0 aliphatic heterocycles. The van der Waals surface area contributed by atoms with Crippen LogP contribution in [0.3, 0.4) is 0 Å². The number of aryl methyl sites for hydroxylation is 1. The Morgan fingerprint density at radius 1 is 1.50 bits per heavy atom. The standard InChI is InChI=1S/C14H17N3.C3H6/c1-17-9-12(10-4-6-11(15)7-5-10)14-13(17)3-2-8-16-14;1-3-2/h2-4,8-9,11H,5-7,15H2,1H3;3H,1H2,2H3. The molecule has 2 heterocycles. The van der Waals surface area contributed by atoms with E-state index in [0.29, 0.717) is 6.04 Å². The average molecular weight is 269 g/mol. The SMILES string of the molecule is C=CC.Cn1cc(C2=CCC(N)CC2)c2ncccc21. The summed E-state index contributed by atoms with van der Waals surface area (Å²) in [6.07, 6.45) is 11.2. The second-order valence-electron chi connectivity index (χ2n) is 5.20. The molecule has 2 aromatic rings. The van der Waals surface area contributed by atoms with Gasteiger partial charge in [-0.2, -0.15) is 0 Å². The van der Waals surface area contributed by atoms with Gasteiger partial charge in [0.05, 0.1) is 11.0 Å². The van der Waals surface area contributed by atoms with Crippen molar-refractivity contribution in [1.82, 2.24) is 9.55 Å². The van der Waals surface area contributed by atoms with Gasteiger partial charge in [-0.05, 0) is 43.9 Å². The van der Waals surface area contributed by atoms with E-state index >= 15 is 0 Å². The highest BCUT2D eigenvalue weighted by molar-refractivity contribution is 5.90. The maximum atomic E-state index is 5.93. The van der Waals surface area contributed by atoms with Crippen LogP contribution in [0.5, 0.6) is 0 Å². The van der Waals surface area contributed by atoms with Crippen molar-refractivity contribution < 1.29 is 0 Å². The van der Waals surface area contributed by atoms with Gasteiger partial charge in [0.2, 0.25) is 0 Å². The van der Waals surface area contributed by atoms with Gasteiger partial charge >= 0.3 is 0 Å². The number of rotatable bonds is 1. The predicted molar refractivity (Wildman–Crippen MR) is 86.4 cm³/mol. The lowest BCUT2D eigenvalue weighted by atomic mass is 9.92. The van der Waals surface area contributed by atoms with Gasteiger partial charge < -0.3 is 10.3 Å². The van der Waals surface area contributed by atoms with E-state index in [1.807, 2.05) is 19.2 Å². The first kappa shape index (κ1) is 14.5. The van der Waals surface area contributed by atoms with Gasteiger partial charge in [0.1, 0.15) is 0 Å². The lowest BCUT2D eigenvalue weighted by Crippen LogP contribution is -2.21. The van der Waals surface area contributed by atoms with Crippen LogP contribution in [-0.4, -0.2) is 15.6 Å². The van der Waals surface area contributed by atoms with Crippen LogP contribution in [0.1, 0.15) is 31.7 Å². The van der Waals surface area contributed by atoms with Gasteiger partial charge in [-0.1, -0.05) is 12.2 Å². The quantitative estimate of drug-likeness (QED) is 0.803. The monoisotopic (exact) mass is 269 g/mol. The van der Waals surface area contributed by atoms with E-state index in [1.165, 1.54) is 16.7 Å². The van der Waals surface area contributed by atoms with E-state index in [1.54, 1.807) is 6.08 Å². The van der Waals surface area contributed by atoms with Crippen molar-refractivity contribution in [3.63, 3.8) is 0 Å². The Balaban J connectivity index is 0.000000452. The van der Waals surface area contributed by atoms with Crippen molar-refractivity contribution in [2.75, 3.05) is 0 Å². The summed E-state index contributed by atoms with van der Waals surface area (Å²) >= 11 is 0. The third kappa shape index (κ3) is 2.99. The molecule has 1 aliphatic carbocycles. The van der Waals surface area contributed by atoms with Gasteiger partial charge in [-0.15, -0.1) is 6.58 Å². The van der Waals surface area contributed by atoms with Gasteiger partial charge in [-0.3, -0.25) is 4.98 Å². The Kier molecular flexibility index (Phi) is 4.74. The fourth-order valence-electron chi connectivity index (χ4n) is 2.55. The number of pyridine rings is 1. The molecule has 2 aromatic heterocycles. The van der Waals surface area contributed by atoms with Crippen molar-refractivity contribution in [2.45, 2.75) is 32.2 Å². The smallest absolute Gasteiger partial charge is 0.0955 e. The molecule has 0 bridgehead atoms. The molecule has 0 saturated heterocycles. The number of allylic oxidation sites excluding steroid dienone is 2. The van der Waals surface area contributed by atoms with Crippen molar-refractivity contribution in [3.05, 3.63) is 48.8 Å². The molecular formula is C17H23N3. The predicted octanol–water partition coefficient (Wildman–Crippen LogP) is 3.66. The van der Waals surface area contributed by atoms with Crippen LogP contribution in [-0.2, 0) is 7.05 Å². The summed E-state index contributed by atoms with van der Waals surface area (Å²) < 4.78 is 2.15. The largest absolute Gasteiger partial charge is 0.349 e. The molecule has 106 valence electrons. The molecule has 0 spiro atoms. The summed E-state index contributed by atoms with van der Waals surface area (Å²) in [7, 11) is 2.07. The van der Waals surface area contributed by atoms with E-state index in [-0.39, 0.29) is 0 Å². The van der Waals surface area contributed by atoms with Gasteiger partial charge in [0, 0.05) is 31.0 Å². The minimum atomic E-state index is 0.335. The molecule has 1 aliphatic rings. The molecule has 0 amide bonds. The second-order valence-corrected chi connectivity index (χ2v) is 5.20. The Labute approximate surface area is 120 Å². The average Bonchev–Trinajstić information content (AvgIpc) is 2.79. The molecule has 0 aromatic carbocycles. The molecule has 0 fully saturated rings. The third-order valence-electron chi connectivity index (χ3n) is 3.54. The number of nitrogens with two attached hydrogens (primary N) is 1. The van der Waals surface area contributed by atoms with E-state index in [9.17, 15) is 0 Å². The highest BCUT2D eigenvalue weighted by Gasteiger charge is 2.16. The maximum Gasteiger partial charge on any atom is 0.0955 e. The van der Waals surface area contributed by atoms with Crippen molar-refractivity contribution in [1.29, 1.82) is 0 Å². The molecule has 3 heteroatoms. The summed E-state index contributed by atoms with van der Waals surface area (Å²) in [4.78, 5) is 4.50. The minimum absolute atomic E-state index is 0.335. The normalized spacial score (nSPS) is 18.1. The molecule has 0 radical (unpaired) electrons. The molecule has 3 rings (SSSR count). The van der Waals surface area contributed by atoms with Crippen molar-refractivity contribution in [3.8, 4) is 0 Å². The highest BCUT2D eigenvalue weighted by atomic mass is 14.9. The fourth-order valence-corrected chi connectivity index (χ4v) is 2.55.